The number of rotatable bonds is 8. The van der Waals surface area contributed by atoms with Crippen LogP contribution in [0.4, 0.5) is 22.7 Å². The van der Waals surface area contributed by atoms with Gasteiger partial charge in [-0.3, -0.25) is 14.4 Å². The second-order valence-electron chi connectivity index (χ2n) is 6.52. The summed E-state index contributed by atoms with van der Waals surface area (Å²) in [6.07, 6.45) is 1.18. The molecule has 154 valence electrons. The van der Waals surface area contributed by atoms with Crippen molar-refractivity contribution in [1.82, 2.24) is 0 Å². The van der Waals surface area contributed by atoms with Crippen LogP contribution in [0.5, 0.6) is 0 Å². The van der Waals surface area contributed by atoms with Crippen LogP contribution in [0.2, 0.25) is 5.02 Å². The molecule has 8 heteroatoms. The van der Waals surface area contributed by atoms with Crippen molar-refractivity contribution in [3.8, 4) is 0 Å². The van der Waals surface area contributed by atoms with Gasteiger partial charge in [0.05, 0.1) is 17.3 Å². The van der Waals surface area contributed by atoms with Crippen LogP contribution in [-0.4, -0.2) is 31.3 Å². The van der Waals surface area contributed by atoms with Crippen molar-refractivity contribution in [1.29, 1.82) is 0 Å². The number of nitrogens with one attached hydrogen (secondary N) is 3. The monoisotopic (exact) mass is 416 g/mol. The van der Waals surface area contributed by atoms with Crippen LogP contribution >= 0.6 is 11.6 Å². The highest BCUT2D eigenvalue weighted by atomic mass is 35.5. The Morgan fingerprint density at radius 3 is 2.24 bits per heavy atom. The van der Waals surface area contributed by atoms with Crippen molar-refractivity contribution in [2.45, 2.75) is 26.7 Å². The predicted octanol–water partition coefficient (Wildman–Crippen LogP) is 4.11. The number of halogens is 1. The predicted molar refractivity (Wildman–Crippen MR) is 118 cm³/mol. The number of anilines is 4. The van der Waals surface area contributed by atoms with E-state index in [9.17, 15) is 14.4 Å². The molecule has 0 bridgehead atoms. The minimum absolute atomic E-state index is 0.0324. The molecule has 0 atom stereocenters. The van der Waals surface area contributed by atoms with E-state index < -0.39 is 0 Å². The van der Waals surface area contributed by atoms with Crippen LogP contribution in [0.1, 0.15) is 26.7 Å². The molecule has 0 aliphatic carbocycles. The zero-order valence-corrected chi connectivity index (χ0v) is 17.5. The van der Waals surface area contributed by atoms with Gasteiger partial charge in [0, 0.05) is 37.5 Å². The molecule has 2 aromatic carbocycles. The van der Waals surface area contributed by atoms with Crippen molar-refractivity contribution < 1.29 is 14.4 Å². The fourth-order valence-electron chi connectivity index (χ4n) is 2.51. The summed E-state index contributed by atoms with van der Waals surface area (Å²) in [5.41, 5.74) is 2.50. The first-order chi connectivity index (χ1) is 13.8. The zero-order valence-electron chi connectivity index (χ0n) is 16.7. The zero-order chi connectivity index (χ0) is 21.4. The van der Waals surface area contributed by atoms with Gasteiger partial charge < -0.3 is 20.9 Å². The first kappa shape index (κ1) is 22.2. The Bertz CT molecular complexity index is 884. The van der Waals surface area contributed by atoms with Gasteiger partial charge in [0.1, 0.15) is 0 Å². The molecule has 0 saturated heterocycles. The number of hydrogen-bond acceptors (Lipinski definition) is 4. The highest BCUT2D eigenvalue weighted by molar-refractivity contribution is 6.33. The Morgan fingerprint density at radius 1 is 0.966 bits per heavy atom. The first-order valence-electron chi connectivity index (χ1n) is 9.27. The Labute approximate surface area is 175 Å². The Hall–Kier alpha value is -3.06. The summed E-state index contributed by atoms with van der Waals surface area (Å²) in [6.45, 7) is 3.45. The molecule has 0 radical (unpaired) electrons. The van der Waals surface area contributed by atoms with Crippen molar-refractivity contribution in [3.05, 3.63) is 47.5 Å². The molecule has 7 nitrogen and oxygen atoms in total. The lowest BCUT2D eigenvalue weighted by atomic mass is 10.2. The highest BCUT2D eigenvalue weighted by Crippen LogP contribution is 2.26. The second-order valence-corrected chi connectivity index (χ2v) is 6.93. The molecular formula is C21H25ClN4O3. The lowest BCUT2D eigenvalue weighted by Crippen LogP contribution is -2.23. The van der Waals surface area contributed by atoms with E-state index in [1.54, 1.807) is 49.5 Å². The lowest BCUT2D eigenvalue weighted by Gasteiger charge is -2.15. The van der Waals surface area contributed by atoms with Crippen molar-refractivity contribution in [3.63, 3.8) is 0 Å². The summed E-state index contributed by atoms with van der Waals surface area (Å²) >= 11 is 6.15. The van der Waals surface area contributed by atoms with Gasteiger partial charge in [0.25, 0.3) is 0 Å². The Morgan fingerprint density at radius 2 is 1.62 bits per heavy atom. The minimum Gasteiger partial charge on any atom is -0.376 e. The number of carbonyl (C=O) groups is 3. The van der Waals surface area contributed by atoms with Crippen LogP contribution in [0.3, 0.4) is 0 Å². The fraction of sp³-hybridized carbons (Fsp3) is 0.286. The topological polar surface area (TPSA) is 90.5 Å². The van der Waals surface area contributed by atoms with E-state index in [0.29, 0.717) is 22.8 Å². The molecule has 0 aliphatic rings. The van der Waals surface area contributed by atoms with E-state index >= 15 is 0 Å². The molecule has 0 aliphatic heterocycles. The fourth-order valence-corrected chi connectivity index (χ4v) is 2.68. The highest BCUT2D eigenvalue weighted by Gasteiger charge is 2.09. The van der Waals surface area contributed by atoms with Crippen molar-refractivity contribution >= 4 is 52.1 Å². The van der Waals surface area contributed by atoms with E-state index in [2.05, 4.69) is 16.0 Å². The quantitative estimate of drug-likeness (QED) is 0.604. The van der Waals surface area contributed by atoms with Crippen LogP contribution in [0.15, 0.2) is 42.5 Å². The molecule has 2 rings (SSSR count). The van der Waals surface area contributed by atoms with Gasteiger partial charge in [0.15, 0.2) is 0 Å². The number of carbonyl (C=O) groups excluding carboxylic acids is 3. The minimum atomic E-state index is -0.283. The molecule has 0 saturated carbocycles. The summed E-state index contributed by atoms with van der Waals surface area (Å²) in [5.74, 6) is -0.434. The molecule has 0 heterocycles. The van der Waals surface area contributed by atoms with Gasteiger partial charge in [0.2, 0.25) is 17.7 Å². The molecule has 29 heavy (non-hydrogen) atoms. The van der Waals surface area contributed by atoms with Crippen LogP contribution in [0.25, 0.3) is 0 Å². The maximum atomic E-state index is 12.3. The van der Waals surface area contributed by atoms with Crippen LogP contribution < -0.4 is 20.9 Å². The number of nitrogens with zero attached hydrogens (tertiary/aromatic N) is 1. The smallest absolute Gasteiger partial charge is 0.243 e. The van der Waals surface area contributed by atoms with E-state index in [0.717, 1.165) is 17.8 Å². The van der Waals surface area contributed by atoms with Gasteiger partial charge in [-0.15, -0.1) is 0 Å². The molecule has 3 amide bonds. The normalized spacial score (nSPS) is 10.2. The van der Waals surface area contributed by atoms with Crippen molar-refractivity contribution in [2.24, 2.45) is 0 Å². The Balaban J connectivity index is 1.93. The van der Waals surface area contributed by atoms with Crippen LogP contribution in [0, 0.1) is 0 Å². The van der Waals surface area contributed by atoms with Gasteiger partial charge in [-0.2, -0.15) is 0 Å². The maximum Gasteiger partial charge on any atom is 0.243 e. The van der Waals surface area contributed by atoms with Crippen molar-refractivity contribution in [2.75, 3.05) is 34.4 Å². The number of benzene rings is 2. The summed E-state index contributed by atoms with van der Waals surface area (Å²) in [5, 5.41) is 8.90. The SMILES string of the molecule is CCCC(=O)Nc1ccc(Cl)c(NC(=O)CNc2ccc(N(C)C(C)=O)cc2)c1. The van der Waals surface area contributed by atoms with Gasteiger partial charge in [-0.25, -0.2) is 0 Å². The third-order valence-corrected chi connectivity index (χ3v) is 4.51. The molecule has 0 unspecified atom stereocenters. The summed E-state index contributed by atoms with van der Waals surface area (Å²) < 4.78 is 0. The second kappa shape index (κ2) is 10.5. The van der Waals surface area contributed by atoms with E-state index in [4.69, 9.17) is 11.6 Å². The molecule has 2 aromatic rings. The van der Waals surface area contributed by atoms with E-state index in [-0.39, 0.29) is 24.3 Å². The van der Waals surface area contributed by atoms with Crippen LogP contribution in [-0.2, 0) is 14.4 Å². The average Bonchev–Trinajstić information content (AvgIpc) is 2.69. The number of hydrogen-bond donors (Lipinski definition) is 3. The molecule has 3 N–H and O–H groups in total. The first-order valence-corrected chi connectivity index (χ1v) is 9.65. The lowest BCUT2D eigenvalue weighted by molar-refractivity contribution is -0.117. The molecular weight excluding hydrogens is 392 g/mol. The van der Waals surface area contributed by atoms with Gasteiger partial charge in [-0.1, -0.05) is 18.5 Å². The van der Waals surface area contributed by atoms with Gasteiger partial charge >= 0.3 is 0 Å². The maximum absolute atomic E-state index is 12.3. The number of amides is 3. The standard InChI is InChI=1S/C21H25ClN4O3/c1-4-5-20(28)24-16-8-11-18(22)19(12-16)25-21(29)13-23-15-6-9-17(10-7-15)26(3)14(2)27/h6-12,23H,4-5,13H2,1-3H3,(H,24,28)(H,25,29). The largest absolute Gasteiger partial charge is 0.376 e. The summed E-state index contributed by atoms with van der Waals surface area (Å²) in [6, 6.07) is 12.1. The summed E-state index contributed by atoms with van der Waals surface area (Å²) in [7, 11) is 1.70. The van der Waals surface area contributed by atoms with E-state index in [1.807, 2.05) is 6.92 Å². The molecule has 0 fully saturated rings. The molecule has 0 spiro atoms. The third-order valence-electron chi connectivity index (χ3n) is 4.18. The third kappa shape index (κ3) is 6.80. The van der Waals surface area contributed by atoms with Gasteiger partial charge in [-0.05, 0) is 48.9 Å². The summed E-state index contributed by atoms with van der Waals surface area (Å²) in [4.78, 5) is 36.9. The van der Waals surface area contributed by atoms with E-state index in [1.165, 1.54) is 11.8 Å². The average molecular weight is 417 g/mol. The Kier molecular flexibility index (Phi) is 8.03. The molecule has 0 aromatic heterocycles.